The van der Waals surface area contributed by atoms with Crippen molar-refractivity contribution in [1.82, 2.24) is 5.32 Å². The molecule has 3 N–H and O–H groups in total. The van der Waals surface area contributed by atoms with E-state index in [1.54, 1.807) is 6.92 Å². The third-order valence-electron chi connectivity index (χ3n) is 3.54. The van der Waals surface area contributed by atoms with Gasteiger partial charge in [0, 0.05) is 13.0 Å². The van der Waals surface area contributed by atoms with Crippen LogP contribution in [0.25, 0.3) is 0 Å². The van der Waals surface area contributed by atoms with Crippen LogP contribution in [0.15, 0.2) is 0 Å². The van der Waals surface area contributed by atoms with Crippen LogP contribution in [0.2, 0.25) is 0 Å². The van der Waals surface area contributed by atoms with E-state index in [0.717, 1.165) is 7.11 Å². The first-order valence-electron chi connectivity index (χ1n) is 6.19. The molecular weight excluding hydrogens is 272 g/mol. The van der Waals surface area contributed by atoms with Crippen LogP contribution in [-0.2, 0) is 23.9 Å². The van der Waals surface area contributed by atoms with E-state index in [9.17, 15) is 18.0 Å². The van der Waals surface area contributed by atoms with Crippen molar-refractivity contribution >= 4 is 21.9 Å². The number of piperidine rings is 1. The van der Waals surface area contributed by atoms with E-state index in [1.165, 1.54) is 0 Å². The normalized spacial score (nSPS) is 23.5. The third-order valence-corrected chi connectivity index (χ3v) is 5.38. The average molecular weight is 292 g/mol. The Kier molecular flexibility index (Phi) is 5.30. The fourth-order valence-electron chi connectivity index (χ4n) is 2.50. The van der Waals surface area contributed by atoms with Gasteiger partial charge in [0.25, 0.3) is 10.1 Å². The molecule has 0 aliphatic carbocycles. The summed E-state index contributed by atoms with van der Waals surface area (Å²) in [7, 11) is -2.82. The lowest BCUT2D eigenvalue weighted by Crippen LogP contribution is -2.49. The predicted octanol–water partition coefficient (Wildman–Crippen LogP) is -0.631. The fraction of sp³-hybridized carbons (Fsp3) is 0.818. The van der Waals surface area contributed by atoms with Crippen LogP contribution in [0.4, 0.5) is 0 Å². The first-order chi connectivity index (χ1) is 8.83. The molecule has 1 fully saturated rings. The largest absolute Gasteiger partial charge is 0.369 e. The molecule has 0 aromatic rings. The molecule has 0 spiro atoms. The van der Waals surface area contributed by atoms with E-state index < -0.39 is 27.2 Å². The van der Waals surface area contributed by atoms with Crippen molar-refractivity contribution in [3.05, 3.63) is 0 Å². The van der Waals surface area contributed by atoms with Gasteiger partial charge in [0.15, 0.2) is 0 Å². The van der Waals surface area contributed by atoms with E-state index in [0.29, 0.717) is 12.8 Å². The molecule has 1 rings (SSSR count). The summed E-state index contributed by atoms with van der Waals surface area (Å²) in [6.45, 7) is 1.92. The highest BCUT2D eigenvalue weighted by molar-refractivity contribution is 7.87. The van der Waals surface area contributed by atoms with E-state index in [2.05, 4.69) is 9.50 Å². The van der Waals surface area contributed by atoms with Gasteiger partial charge in [-0.25, -0.2) is 0 Å². The lowest BCUT2D eigenvalue weighted by molar-refractivity contribution is -0.123. The molecular formula is C11H20N2O5S. The summed E-state index contributed by atoms with van der Waals surface area (Å²) < 4.78 is 28.6. The first kappa shape index (κ1) is 15.9. The van der Waals surface area contributed by atoms with Gasteiger partial charge < -0.3 is 11.1 Å². The number of hydrogen-bond acceptors (Lipinski definition) is 5. The summed E-state index contributed by atoms with van der Waals surface area (Å²) >= 11 is 0. The molecule has 3 atom stereocenters. The van der Waals surface area contributed by atoms with Gasteiger partial charge >= 0.3 is 0 Å². The summed E-state index contributed by atoms with van der Waals surface area (Å²) in [5.41, 5.74) is 5.29. The molecule has 3 unspecified atom stereocenters. The molecule has 7 nitrogen and oxygen atoms in total. The molecule has 0 saturated carbocycles. The standard InChI is InChI=1S/C11H20N2O5S/c1-3-8(11(12)15)10(19(16,17)18-2)7-4-5-9(14)13-6-7/h7-8,10H,3-6H2,1-2H3,(H2,12,15)(H,13,14). The molecule has 0 aromatic heterocycles. The van der Waals surface area contributed by atoms with E-state index >= 15 is 0 Å². The maximum Gasteiger partial charge on any atom is 0.271 e. The van der Waals surface area contributed by atoms with Crippen LogP contribution >= 0.6 is 0 Å². The fourth-order valence-corrected chi connectivity index (χ4v) is 4.16. The van der Waals surface area contributed by atoms with Gasteiger partial charge in [0.2, 0.25) is 11.8 Å². The van der Waals surface area contributed by atoms with Crippen LogP contribution in [0.3, 0.4) is 0 Å². The van der Waals surface area contributed by atoms with Crippen molar-refractivity contribution in [3.63, 3.8) is 0 Å². The lowest BCUT2D eigenvalue weighted by Gasteiger charge is -2.32. The Balaban J connectivity index is 3.05. The number of nitrogens with two attached hydrogens (primary N) is 1. The number of hydrogen-bond donors (Lipinski definition) is 2. The van der Waals surface area contributed by atoms with Crippen LogP contribution in [-0.4, -0.2) is 39.1 Å². The van der Waals surface area contributed by atoms with Crippen molar-refractivity contribution in [2.75, 3.05) is 13.7 Å². The number of amides is 2. The lowest BCUT2D eigenvalue weighted by atomic mass is 9.86. The number of carbonyl (C=O) groups excluding carboxylic acids is 2. The maximum absolute atomic E-state index is 12.0. The Bertz CT molecular complexity index is 438. The Morgan fingerprint density at radius 1 is 1.58 bits per heavy atom. The topological polar surface area (TPSA) is 116 Å². The summed E-state index contributed by atoms with van der Waals surface area (Å²) in [5.74, 6) is -1.95. The predicted molar refractivity (Wildman–Crippen MR) is 68.4 cm³/mol. The Morgan fingerprint density at radius 3 is 2.58 bits per heavy atom. The van der Waals surface area contributed by atoms with Crippen LogP contribution in [0.1, 0.15) is 26.2 Å². The first-order valence-corrected chi connectivity index (χ1v) is 7.66. The smallest absolute Gasteiger partial charge is 0.271 e. The zero-order valence-corrected chi connectivity index (χ0v) is 11.9. The van der Waals surface area contributed by atoms with Crippen molar-refractivity contribution < 1.29 is 22.2 Å². The Hall–Kier alpha value is -1.15. The van der Waals surface area contributed by atoms with Crippen molar-refractivity contribution in [3.8, 4) is 0 Å². The molecule has 1 saturated heterocycles. The SMILES string of the molecule is CCC(C(N)=O)C(C1CCC(=O)NC1)S(=O)(=O)OC. The summed E-state index contributed by atoms with van der Waals surface area (Å²) in [6, 6.07) is 0. The van der Waals surface area contributed by atoms with Gasteiger partial charge in [-0.3, -0.25) is 13.8 Å². The third kappa shape index (κ3) is 3.66. The molecule has 1 aliphatic rings. The quantitative estimate of drug-likeness (QED) is 0.632. The van der Waals surface area contributed by atoms with E-state index in [1.807, 2.05) is 0 Å². The average Bonchev–Trinajstić information content (AvgIpc) is 2.36. The minimum absolute atomic E-state index is 0.114. The van der Waals surface area contributed by atoms with E-state index in [-0.39, 0.29) is 24.8 Å². The minimum Gasteiger partial charge on any atom is -0.369 e. The highest BCUT2D eigenvalue weighted by Gasteiger charge is 2.43. The second kappa shape index (κ2) is 6.33. The number of nitrogens with one attached hydrogen (secondary N) is 1. The molecule has 19 heavy (non-hydrogen) atoms. The molecule has 110 valence electrons. The summed E-state index contributed by atoms with van der Waals surface area (Å²) in [5, 5.41) is 1.60. The molecule has 2 amide bonds. The minimum atomic E-state index is -3.89. The maximum atomic E-state index is 12.0. The van der Waals surface area contributed by atoms with Crippen molar-refractivity contribution in [1.29, 1.82) is 0 Å². The molecule has 8 heteroatoms. The van der Waals surface area contributed by atoms with Crippen molar-refractivity contribution in [2.45, 2.75) is 31.4 Å². The number of rotatable bonds is 6. The second-order valence-corrected chi connectivity index (χ2v) is 6.51. The van der Waals surface area contributed by atoms with Crippen LogP contribution < -0.4 is 11.1 Å². The summed E-state index contributed by atoms with van der Waals surface area (Å²) in [6.07, 6.45) is 0.964. The highest BCUT2D eigenvalue weighted by Crippen LogP contribution is 2.29. The Labute approximate surface area is 113 Å². The van der Waals surface area contributed by atoms with Gasteiger partial charge in [-0.05, 0) is 18.8 Å². The van der Waals surface area contributed by atoms with Gasteiger partial charge in [-0.15, -0.1) is 0 Å². The molecule has 0 radical (unpaired) electrons. The second-order valence-electron chi connectivity index (χ2n) is 4.64. The highest BCUT2D eigenvalue weighted by atomic mass is 32.2. The van der Waals surface area contributed by atoms with Gasteiger partial charge in [-0.2, -0.15) is 8.42 Å². The van der Waals surface area contributed by atoms with Gasteiger partial charge in [0.05, 0.1) is 13.0 Å². The molecule has 1 aliphatic heterocycles. The zero-order chi connectivity index (χ0) is 14.6. The molecule has 0 bridgehead atoms. The Morgan fingerprint density at radius 2 is 2.21 bits per heavy atom. The van der Waals surface area contributed by atoms with Crippen LogP contribution in [0, 0.1) is 11.8 Å². The van der Waals surface area contributed by atoms with Crippen molar-refractivity contribution in [2.24, 2.45) is 17.6 Å². The summed E-state index contributed by atoms with van der Waals surface area (Å²) in [4.78, 5) is 22.6. The number of primary amides is 1. The number of carbonyl (C=O) groups is 2. The molecule has 1 heterocycles. The monoisotopic (exact) mass is 292 g/mol. The zero-order valence-electron chi connectivity index (χ0n) is 11.1. The molecule has 0 aromatic carbocycles. The van der Waals surface area contributed by atoms with E-state index in [4.69, 9.17) is 5.73 Å². The van der Waals surface area contributed by atoms with Crippen LogP contribution in [0.5, 0.6) is 0 Å². The van der Waals surface area contributed by atoms with Gasteiger partial charge in [0.1, 0.15) is 5.25 Å². The van der Waals surface area contributed by atoms with Gasteiger partial charge in [-0.1, -0.05) is 6.92 Å².